The fourth-order valence-corrected chi connectivity index (χ4v) is 2.30. The zero-order chi connectivity index (χ0) is 18.0. The van der Waals surface area contributed by atoms with Gasteiger partial charge in [0.05, 0.1) is 23.4 Å². The molecule has 3 rings (SSSR count). The van der Waals surface area contributed by atoms with Gasteiger partial charge in [-0.3, -0.25) is 24.3 Å². The highest BCUT2D eigenvalue weighted by molar-refractivity contribution is 6.05. The summed E-state index contributed by atoms with van der Waals surface area (Å²) in [6, 6.07) is 5.97. The van der Waals surface area contributed by atoms with Crippen LogP contribution >= 0.6 is 0 Å². The topological polar surface area (TPSA) is 108 Å². The second-order valence-electron chi connectivity index (χ2n) is 5.27. The van der Waals surface area contributed by atoms with Crippen molar-refractivity contribution in [3.8, 4) is 0 Å². The highest BCUT2D eigenvalue weighted by Crippen LogP contribution is 2.18. The second-order valence-corrected chi connectivity index (χ2v) is 5.27. The van der Waals surface area contributed by atoms with Crippen LogP contribution in [-0.4, -0.2) is 30.4 Å². The molecule has 0 aliphatic heterocycles. The molecule has 0 aliphatic rings. The van der Waals surface area contributed by atoms with E-state index in [0.29, 0.717) is 12.2 Å². The number of carbonyl (C=O) groups is 1. The van der Waals surface area contributed by atoms with Gasteiger partial charge in [0.1, 0.15) is 12.0 Å². The lowest BCUT2D eigenvalue weighted by Crippen LogP contribution is -2.17. The van der Waals surface area contributed by atoms with Crippen LogP contribution < -0.4 is 5.32 Å². The minimum atomic E-state index is -0.667. The third-order valence-electron chi connectivity index (χ3n) is 3.48. The number of amides is 1. The fraction of sp³-hybridized carbons (Fsp3) is 0.133. The highest BCUT2D eigenvalue weighted by Gasteiger charge is 2.25. The maximum Gasteiger partial charge on any atom is 0.320 e. The maximum atomic E-state index is 12.9. The molecule has 3 aromatic rings. The Morgan fingerprint density at radius 2 is 2.00 bits per heavy atom. The molecule has 1 amide bonds. The predicted molar refractivity (Wildman–Crippen MR) is 85.5 cm³/mol. The lowest BCUT2D eigenvalue weighted by molar-refractivity contribution is -0.385. The average Bonchev–Trinajstić information content (AvgIpc) is 3.16. The van der Waals surface area contributed by atoms with Crippen molar-refractivity contribution in [2.24, 2.45) is 7.05 Å². The molecule has 128 valence electrons. The van der Waals surface area contributed by atoms with Crippen LogP contribution in [0.3, 0.4) is 0 Å². The number of nitro groups is 1. The van der Waals surface area contributed by atoms with E-state index in [0.717, 1.165) is 16.4 Å². The zero-order valence-corrected chi connectivity index (χ0v) is 13.1. The van der Waals surface area contributed by atoms with Crippen molar-refractivity contribution in [1.82, 2.24) is 19.6 Å². The first-order chi connectivity index (χ1) is 11.9. The normalized spacial score (nSPS) is 10.6. The van der Waals surface area contributed by atoms with Gasteiger partial charge in [-0.1, -0.05) is 12.1 Å². The summed E-state index contributed by atoms with van der Waals surface area (Å²) in [6.07, 6.45) is 4.01. The first kappa shape index (κ1) is 16.3. The number of rotatable bonds is 5. The number of anilines is 1. The first-order valence-corrected chi connectivity index (χ1v) is 7.18. The van der Waals surface area contributed by atoms with Crippen LogP contribution in [0, 0.1) is 15.9 Å². The second kappa shape index (κ2) is 6.51. The molecule has 10 heteroatoms. The lowest BCUT2D eigenvalue weighted by Gasteiger charge is -2.03. The van der Waals surface area contributed by atoms with Crippen molar-refractivity contribution >= 4 is 17.3 Å². The first-order valence-electron chi connectivity index (χ1n) is 7.18. The van der Waals surface area contributed by atoms with Crippen LogP contribution in [0.5, 0.6) is 0 Å². The largest absolute Gasteiger partial charge is 0.320 e. The Bertz CT molecular complexity index is 931. The molecule has 0 atom stereocenters. The van der Waals surface area contributed by atoms with Gasteiger partial charge in [-0.25, -0.2) is 4.39 Å². The van der Waals surface area contributed by atoms with Gasteiger partial charge in [-0.15, -0.1) is 0 Å². The van der Waals surface area contributed by atoms with Gasteiger partial charge in [0.2, 0.25) is 5.69 Å². The van der Waals surface area contributed by atoms with Gasteiger partial charge < -0.3 is 5.32 Å². The Kier molecular flexibility index (Phi) is 4.25. The number of aromatic nitrogens is 4. The van der Waals surface area contributed by atoms with E-state index in [4.69, 9.17) is 0 Å². The van der Waals surface area contributed by atoms with Crippen molar-refractivity contribution in [1.29, 1.82) is 0 Å². The summed E-state index contributed by atoms with van der Waals surface area (Å²) in [5.74, 6) is -0.983. The summed E-state index contributed by atoms with van der Waals surface area (Å²) in [5.41, 5.74) is 0.683. The molecule has 1 aromatic carbocycles. The summed E-state index contributed by atoms with van der Waals surface area (Å²) >= 11 is 0. The average molecular weight is 344 g/mol. The number of hydrogen-bond donors (Lipinski definition) is 1. The van der Waals surface area contributed by atoms with Gasteiger partial charge >= 0.3 is 5.69 Å². The summed E-state index contributed by atoms with van der Waals surface area (Å²) in [4.78, 5) is 22.6. The maximum absolute atomic E-state index is 12.9. The number of nitrogens with zero attached hydrogens (tertiary/aromatic N) is 5. The van der Waals surface area contributed by atoms with Crippen molar-refractivity contribution in [2.75, 3.05) is 5.32 Å². The monoisotopic (exact) mass is 344 g/mol. The van der Waals surface area contributed by atoms with E-state index in [1.54, 1.807) is 23.0 Å². The molecule has 9 nitrogen and oxygen atoms in total. The van der Waals surface area contributed by atoms with Gasteiger partial charge in [-0.05, 0) is 17.7 Å². The van der Waals surface area contributed by atoms with E-state index in [1.807, 2.05) is 0 Å². The molecular formula is C15H13FN6O3. The van der Waals surface area contributed by atoms with Crippen LogP contribution in [-0.2, 0) is 13.6 Å². The minimum absolute atomic E-state index is 0.156. The fourth-order valence-electron chi connectivity index (χ4n) is 2.30. The molecular weight excluding hydrogens is 331 g/mol. The summed E-state index contributed by atoms with van der Waals surface area (Å²) in [5, 5.41) is 21.3. The molecule has 0 spiro atoms. The minimum Gasteiger partial charge on any atom is -0.318 e. The molecule has 0 saturated heterocycles. The molecule has 25 heavy (non-hydrogen) atoms. The van der Waals surface area contributed by atoms with Crippen LogP contribution in [0.4, 0.5) is 15.8 Å². The molecule has 0 bridgehead atoms. The smallest absolute Gasteiger partial charge is 0.318 e. The van der Waals surface area contributed by atoms with Crippen molar-refractivity contribution in [2.45, 2.75) is 6.54 Å². The van der Waals surface area contributed by atoms with Crippen LogP contribution in [0.2, 0.25) is 0 Å². The quantitative estimate of drug-likeness (QED) is 0.562. The zero-order valence-electron chi connectivity index (χ0n) is 13.1. The van der Waals surface area contributed by atoms with Crippen LogP contribution in [0.15, 0.2) is 42.9 Å². The Morgan fingerprint density at radius 3 is 2.68 bits per heavy atom. The standard InChI is InChI=1S/C15H13FN6O3/c1-20-14(13(7-17-20)22(24)25)15(23)19-12-6-18-21(9-12)8-10-2-4-11(16)5-3-10/h2-7,9H,8H2,1H3,(H,19,23). The summed E-state index contributed by atoms with van der Waals surface area (Å²) in [7, 11) is 1.44. The number of carbonyl (C=O) groups excluding carboxylic acids is 1. The Hall–Kier alpha value is -3.56. The van der Waals surface area contributed by atoms with Crippen LogP contribution in [0.1, 0.15) is 16.1 Å². The van der Waals surface area contributed by atoms with Gasteiger partial charge in [-0.2, -0.15) is 10.2 Å². The Labute approximate surface area is 140 Å². The number of halogens is 1. The predicted octanol–water partition coefficient (Wildman–Crippen LogP) is 1.96. The molecule has 0 radical (unpaired) electrons. The molecule has 0 fully saturated rings. The van der Waals surface area contributed by atoms with Gasteiger partial charge in [0, 0.05) is 13.2 Å². The summed E-state index contributed by atoms with van der Waals surface area (Å²) < 4.78 is 15.6. The molecule has 1 N–H and O–H groups in total. The Morgan fingerprint density at radius 1 is 1.28 bits per heavy atom. The summed E-state index contributed by atoms with van der Waals surface area (Å²) in [6.45, 7) is 0.391. The van der Waals surface area contributed by atoms with Gasteiger partial charge in [0.25, 0.3) is 5.91 Å². The van der Waals surface area contributed by atoms with E-state index in [-0.39, 0.29) is 17.2 Å². The van der Waals surface area contributed by atoms with E-state index >= 15 is 0 Å². The van der Waals surface area contributed by atoms with E-state index < -0.39 is 10.8 Å². The number of nitrogens with one attached hydrogen (secondary N) is 1. The van der Waals surface area contributed by atoms with Crippen molar-refractivity contribution in [3.05, 3.63) is 70.0 Å². The molecule has 2 heterocycles. The van der Waals surface area contributed by atoms with Crippen LogP contribution in [0.25, 0.3) is 0 Å². The third-order valence-corrected chi connectivity index (χ3v) is 3.48. The number of hydrogen-bond acceptors (Lipinski definition) is 5. The van der Waals surface area contributed by atoms with E-state index in [2.05, 4.69) is 15.5 Å². The molecule has 0 saturated carbocycles. The molecule has 2 aromatic heterocycles. The molecule has 0 unspecified atom stereocenters. The molecule has 0 aliphatic carbocycles. The number of aryl methyl sites for hydroxylation is 1. The van der Waals surface area contributed by atoms with E-state index in [1.165, 1.54) is 25.4 Å². The van der Waals surface area contributed by atoms with E-state index in [9.17, 15) is 19.3 Å². The Balaban J connectivity index is 1.73. The third kappa shape index (κ3) is 3.52. The van der Waals surface area contributed by atoms with Crippen molar-refractivity contribution in [3.63, 3.8) is 0 Å². The SMILES string of the molecule is Cn1ncc([N+](=O)[O-])c1C(=O)Nc1cnn(Cc2ccc(F)cc2)c1. The number of benzene rings is 1. The van der Waals surface area contributed by atoms with Gasteiger partial charge in [0.15, 0.2) is 0 Å². The highest BCUT2D eigenvalue weighted by atomic mass is 19.1. The van der Waals surface area contributed by atoms with Crippen molar-refractivity contribution < 1.29 is 14.1 Å². The lowest BCUT2D eigenvalue weighted by atomic mass is 10.2.